The molecule has 0 aliphatic rings. The van der Waals surface area contributed by atoms with Crippen molar-refractivity contribution in [1.82, 2.24) is 0 Å². The fourth-order valence-corrected chi connectivity index (χ4v) is 1.09. The molecule has 0 atom stereocenters. The van der Waals surface area contributed by atoms with Crippen LogP contribution < -0.4 is 5.73 Å². The summed E-state index contributed by atoms with van der Waals surface area (Å²) in [5, 5.41) is 9.35. The van der Waals surface area contributed by atoms with Gasteiger partial charge in [-0.2, -0.15) is 0 Å². The Morgan fingerprint density at radius 3 is 2.10 bits per heavy atom. The van der Waals surface area contributed by atoms with E-state index in [1.54, 1.807) is 0 Å². The summed E-state index contributed by atoms with van der Waals surface area (Å²) in [7, 11) is 0. The summed E-state index contributed by atoms with van der Waals surface area (Å²) in [6.45, 7) is 0. The lowest BCUT2D eigenvalue weighted by Gasteiger charge is -1.99. The number of hydrogen-bond acceptors (Lipinski definition) is 2. The first-order valence-electron chi connectivity index (χ1n) is 2.54. The Labute approximate surface area is 69.7 Å². The average molecular weight is 180 g/mol. The molecule has 0 heterocycles. The van der Waals surface area contributed by atoms with Crippen LogP contribution in [0.1, 0.15) is 1.43 Å². The molecule has 0 aliphatic carbocycles. The summed E-state index contributed by atoms with van der Waals surface area (Å²) < 4.78 is 0. The molecule has 0 radical (unpaired) electrons. The lowest BCUT2D eigenvalue weighted by Crippen LogP contribution is -1.83. The van der Waals surface area contributed by atoms with E-state index in [-0.39, 0.29) is 17.2 Å². The van der Waals surface area contributed by atoms with E-state index in [0.717, 1.165) is 0 Å². The SMILES string of the molecule is Nc1cc(Cl)c(O)c(Cl)c1.[HH]. The third-order valence-corrected chi connectivity index (χ3v) is 1.62. The molecule has 1 rings (SSSR count). The third-order valence-electron chi connectivity index (χ3n) is 1.04. The van der Waals surface area contributed by atoms with Crippen LogP contribution in [0.3, 0.4) is 0 Å². The second kappa shape index (κ2) is 2.56. The second-order valence-corrected chi connectivity index (χ2v) is 2.65. The Balaban J connectivity index is 0.000001000. The molecule has 1 aromatic carbocycles. The van der Waals surface area contributed by atoms with Crippen LogP contribution in [-0.4, -0.2) is 5.11 Å². The van der Waals surface area contributed by atoms with E-state index in [4.69, 9.17) is 34.0 Å². The first-order valence-corrected chi connectivity index (χ1v) is 3.30. The van der Waals surface area contributed by atoms with Crippen molar-refractivity contribution >= 4 is 28.9 Å². The van der Waals surface area contributed by atoms with E-state index in [0.29, 0.717) is 5.69 Å². The normalized spacial score (nSPS) is 9.80. The molecule has 0 aromatic heterocycles. The minimum absolute atomic E-state index is 0. The largest absolute Gasteiger partial charge is 0.505 e. The van der Waals surface area contributed by atoms with Crippen LogP contribution in [0.4, 0.5) is 5.69 Å². The second-order valence-electron chi connectivity index (χ2n) is 1.83. The highest BCUT2D eigenvalue weighted by Crippen LogP contribution is 2.33. The molecule has 0 aliphatic heterocycles. The fourth-order valence-electron chi connectivity index (χ4n) is 0.585. The van der Waals surface area contributed by atoms with Crippen molar-refractivity contribution in [3.8, 4) is 5.75 Å². The maximum absolute atomic E-state index is 9.01. The van der Waals surface area contributed by atoms with Crippen molar-refractivity contribution in [3.63, 3.8) is 0 Å². The molecule has 10 heavy (non-hydrogen) atoms. The highest BCUT2D eigenvalue weighted by Gasteiger charge is 2.03. The molecule has 0 amide bonds. The van der Waals surface area contributed by atoms with E-state index in [1.165, 1.54) is 12.1 Å². The number of anilines is 1. The Kier molecular flexibility index (Phi) is 1.92. The summed E-state index contributed by atoms with van der Waals surface area (Å²) in [6.07, 6.45) is 0. The summed E-state index contributed by atoms with van der Waals surface area (Å²) in [5.74, 6) is -0.127. The number of nitrogen functional groups attached to an aromatic ring is 1. The Hall–Kier alpha value is -0.600. The van der Waals surface area contributed by atoms with Crippen LogP contribution in [0, 0.1) is 0 Å². The summed E-state index contributed by atoms with van der Waals surface area (Å²) in [5.41, 5.74) is 5.79. The third kappa shape index (κ3) is 1.28. The highest BCUT2D eigenvalue weighted by molar-refractivity contribution is 6.37. The first kappa shape index (κ1) is 7.51. The van der Waals surface area contributed by atoms with Gasteiger partial charge >= 0.3 is 0 Å². The summed E-state index contributed by atoms with van der Waals surface area (Å²) in [4.78, 5) is 0. The number of phenolic OH excluding ortho intramolecular Hbond substituents is 1. The van der Waals surface area contributed by atoms with Gasteiger partial charge in [0.1, 0.15) is 0 Å². The molecule has 0 saturated carbocycles. The van der Waals surface area contributed by atoms with Gasteiger partial charge in [-0.05, 0) is 12.1 Å². The van der Waals surface area contributed by atoms with Crippen LogP contribution in [-0.2, 0) is 0 Å². The Morgan fingerprint density at radius 2 is 1.70 bits per heavy atom. The molecular formula is C6H7Cl2NO. The van der Waals surface area contributed by atoms with Gasteiger partial charge in [0.2, 0.25) is 0 Å². The van der Waals surface area contributed by atoms with Crippen molar-refractivity contribution in [2.75, 3.05) is 5.73 Å². The van der Waals surface area contributed by atoms with Gasteiger partial charge in [0.15, 0.2) is 5.75 Å². The zero-order chi connectivity index (χ0) is 7.72. The molecule has 0 fully saturated rings. The molecule has 0 spiro atoms. The quantitative estimate of drug-likeness (QED) is 0.476. The van der Waals surface area contributed by atoms with Gasteiger partial charge in [0, 0.05) is 7.11 Å². The predicted molar refractivity (Wildman–Crippen MR) is 44.7 cm³/mol. The molecule has 3 N–H and O–H groups in total. The van der Waals surface area contributed by atoms with Crippen LogP contribution in [0.5, 0.6) is 5.75 Å². The topological polar surface area (TPSA) is 46.2 Å². The highest BCUT2D eigenvalue weighted by atomic mass is 35.5. The minimum Gasteiger partial charge on any atom is -0.505 e. The van der Waals surface area contributed by atoms with Crippen LogP contribution in [0.15, 0.2) is 12.1 Å². The molecule has 2 nitrogen and oxygen atoms in total. The van der Waals surface area contributed by atoms with Gasteiger partial charge in [-0.15, -0.1) is 0 Å². The first-order chi connectivity index (χ1) is 4.61. The molecule has 0 saturated heterocycles. The number of nitrogens with two attached hydrogens (primary N) is 1. The van der Waals surface area contributed by atoms with E-state index in [2.05, 4.69) is 0 Å². The molecule has 0 bridgehead atoms. The standard InChI is InChI=1S/C6H5Cl2NO.H2/c7-4-1-3(9)2-5(8)6(4)10;/h1-2,10H,9H2;1H. The number of halogens is 2. The van der Waals surface area contributed by atoms with Gasteiger partial charge in [0.25, 0.3) is 0 Å². The minimum atomic E-state index is -0.127. The number of aromatic hydroxyl groups is 1. The lowest BCUT2D eigenvalue weighted by molar-refractivity contribution is 0.476. The molecule has 56 valence electrons. The van der Waals surface area contributed by atoms with E-state index >= 15 is 0 Å². The van der Waals surface area contributed by atoms with Crippen molar-refractivity contribution in [2.45, 2.75) is 0 Å². The van der Waals surface area contributed by atoms with Crippen molar-refractivity contribution in [2.24, 2.45) is 0 Å². The number of rotatable bonds is 0. The van der Waals surface area contributed by atoms with Gasteiger partial charge in [-0.25, -0.2) is 0 Å². The van der Waals surface area contributed by atoms with E-state index < -0.39 is 0 Å². The molecular weight excluding hydrogens is 173 g/mol. The summed E-state index contributed by atoms with van der Waals surface area (Å²) >= 11 is 11.0. The fraction of sp³-hybridized carbons (Fsp3) is 0. The van der Waals surface area contributed by atoms with Crippen LogP contribution in [0.25, 0.3) is 0 Å². The maximum atomic E-state index is 9.01. The van der Waals surface area contributed by atoms with E-state index in [1.807, 2.05) is 0 Å². The predicted octanol–water partition coefficient (Wildman–Crippen LogP) is 2.53. The molecule has 4 heteroatoms. The molecule has 1 aromatic rings. The average Bonchev–Trinajstić information content (AvgIpc) is 1.82. The maximum Gasteiger partial charge on any atom is 0.152 e. The van der Waals surface area contributed by atoms with Gasteiger partial charge in [-0.3, -0.25) is 0 Å². The van der Waals surface area contributed by atoms with Gasteiger partial charge in [-0.1, -0.05) is 23.2 Å². The van der Waals surface area contributed by atoms with Crippen molar-refractivity contribution < 1.29 is 6.53 Å². The summed E-state index contributed by atoms with van der Waals surface area (Å²) in [6, 6.07) is 2.87. The number of phenols is 1. The van der Waals surface area contributed by atoms with Gasteiger partial charge < -0.3 is 10.8 Å². The lowest BCUT2D eigenvalue weighted by atomic mass is 10.3. The smallest absolute Gasteiger partial charge is 0.152 e. The Morgan fingerprint density at radius 1 is 1.30 bits per heavy atom. The molecule has 0 unspecified atom stereocenters. The zero-order valence-corrected chi connectivity index (χ0v) is 6.45. The van der Waals surface area contributed by atoms with Crippen LogP contribution in [0.2, 0.25) is 10.0 Å². The zero-order valence-electron chi connectivity index (χ0n) is 4.94. The van der Waals surface area contributed by atoms with Crippen molar-refractivity contribution in [3.05, 3.63) is 22.2 Å². The van der Waals surface area contributed by atoms with E-state index in [9.17, 15) is 0 Å². The number of benzene rings is 1. The number of hydrogen-bond donors (Lipinski definition) is 2. The van der Waals surface area contributed by atoms with Crippen LogP contribution >= 0.6 is 23.2 Å². The monoisotopic (exact) mass is 179 g/mol. The Bertz CT molecular complexity index is 244. The van der Waals surface area contributed by atoms with Gasteiger partial charge in [0.05, 0.1) is 10.0 Å². The van der Waals surface area contributed by atoms with Crippen molar-refractivity contribution in [1.29, 1.82) is 0 Å².